The summed E-state index contributed by atoms with van der Waals surface area (Å²) in [6.45, 7) is 5.82. The molecular formula is C13H20N6O. The fraction of sp³-hybridized carbons (Fsp3) is 0.692. The highest BCUT2D eigenvalue weighted by molar-refractivity contribution is 4.97. The van der Waals surface area contributed by atoms with Gasteiger partial charge in [-0.2, -0.15) is 10.1 Å². The van der Waals surface area contributed by atoms with Gasteiger partial charge in [0.1, 0.15) is 12.2 Å². The Morgan fingerprint density at radius 3 is 3.05 bits per heavy atom. The molecule has 7 heteroatoms. The lowest BCUT2D eigenvalue weighted by molar-refractivity contribution is 0.129. The van der Waals surface area contributed by atoms with E-state index < -0.39 is 0 Å². The number of hydrogen-bond donors (Lipinski definition) is 1. The van der Waals surface area contributed by atoms with E-state index in [9.17, 15) is 0 Å². The molecule has 7 nitrogen and oxygen atoms in total. The van der Waals surface area contributed by atoms with Gasteiger partial charge < -0.3 is 4.52 Å². The van der Waals surface area contributed by atoms with Crippen molar-refractivity contribution < 1.29 is 4.52 Å². The Morgan fingerprint density at radius 2 is 2.35 bits per heavy atom. The molecule has 1 aliphatic heterocycles. The van der Waals surface area contributed by atoms with E-state index in [0.717, 1.165) is 24.6 Å². The second kappa shape index (κ2) is 5.70. The first-order valence-electron chi connectivity index (χ1n) is 7.16. The summed E-state index contributed by atoms with van der Waals surface area (Å²) in [5, 5.41) is 11.0. The molecule has 2 aromatic heterocycles. The van der Waals surface area contributed by atoms with E-state index in [1.54, 1.807) is 6.33 Å². The maximum absolute atomic E-state index is 5.27. The lowest BCUT2D eigenvalue weighted by Gasteiger charge is -2.33. The molecule has 0 aromatic carbocycles. The zero-order valence-electron chi connectivity index (χ0n) is 11.9. The Bertz CT molecular complexity index is 535. The number of nitrogens with one attached hydrogen (secondary N) is 1. The van der Waals surface area contributed by atoms with Gasteiger partial charge in [0.05, 0.1) is 12.6 Å². The first-order valence-corrected chi connectivity index (χ1v) is 7.16. The van der Waals surface area contributed by atoms with Crippen LogP contribution in [0.1, 0.15) is 62.6 Å². The van der Waals surface area contributed by atoms with Crippen LogP contribution in [0.5, 0.6) is 0 Å². The number of likely N-dealkylation sites (tertiary alicyclic amines) is 1. The number of hydrogen-bond acceptors (Lipinski definition) is 6. The third kappa shape index (κ3) is 2.72. The molecule has 1 atom stereocenters. The van der Waals surface area contributed by atoms with E-state index in [1.165, 1.54) is 12.8 Å². The normalized spacial score (nSPS) is 20.6. The molecule has 1 aliphatic rings. The van der Waals surface area contributed by atoms with Crippen LogP contribution in [0, 0.1) is 0 Å². The molecule has 108 valence electrons. The van der Waals surface area contributed by atoms with Crippen molar-refractivity contribution in [2.24, 2.45) is 0 Å². The van der Waals surface area contributed by atoms with Gasteiger partial charge in [0.2, 0.25) is 5.89 Å². The van der Waals surface area contributed by atoms with Crippen molar-refractivity contribution in [3.8, 4) is 0 Å². The van der Waals surface area contributed by atoms with Crippen LogP contribution in [-0.2, 0) is 6.54 Å². The average Bonchev–Trinajstić information content (AvgIpc) is 3.10. The minimum Gasteiger partial charge on any atom is -0.339 e. The van der Waals surface area contributed by atoms with Crippen LogP contribution in [0.2, 0.25) is 0 Å². The highest BCUT2D eigenvalue weighted by atomic mass is 16.5. The lowest BCUT2D eigenvalue weighted by Crippen LogP contribution is -2.34. The highest BCUT2D eigenvalue weighted by Gasteiger charge is 2.27. The zero-order valence-corrected chi connectivity index (χ0v) is 11.9. The van der Waals surface area contributed by atoms with Gasteiger partial charge in [-0.3, -0.25) is 10.00 Å². The van der Waals surface area contributed by atoms with E-state index in [4.69, 9.17) is 4.52 Å². The van der Waals surface area contributed by atoms with Crippen LogP contribution in [0.3, 0.4) is 0 Å². The van der Waals surface area contributed by atoms with Crippen LogP contribution in [-0.4, -0.2) is 36.8 Å². The molecule has 0 unspecified atom stereocenters. The third-order valence-electron chi connectivity index (χ3n) is 3.69. The molecule has 1 saturated heterocycles. The smallest absolute Gasteiger partial charge is 0.229 e. The molecule has 2 aromatic rings. The van der Waals surface area contributed by atoms with Crippen LogP contribution < -0.4 is 0 Å². The summed E-state index contributed by atoms with van der Waals surface area (Å²) in [7, 11) is 0. The summed E-state index contributed by atoms with van der Waals surface area (Å²) in [6, 6.07) is 0.271. The zero-order chi connectivity index (χ0) is 13.9. The molecule has 0 saturated carbocycles. The number of aromatic amines is 1. The maximum atomic E-state index is 5.27. The van der Waals surface area contributed by atoms with Crippen LogP contribution in [0.25, 0.3) is 0 Å². The van der Waals surface area contributed by atoms with Crippen molar-refractivity contribution in [1.82, 2.24) is 30.2 Å². The van der Waals surface area contributed by atoms with Gasteiger partial charge in [0.15, 0.2) is 5.82 Å². The largest absolute Gasteiger partial charge is 0.339 e. The summed E-state index contributed by atoms with van der Waals surface area (Å²) in [5.74, 6) is 2.65. The van der Waals surface area contributed by atoms with Crippen molar-refractivity contribution >= 4 is 0 Å². The third-order valence-corrected chi connectivity index (χ3v) is 3.69. The van der Waals surface area contributed by atoms with Gasteiger partial charge in [-0.25, -0.2) is 4.98 Å². The van der Waals surface area contributed by atoms with E-state index in [2.05, 4.69) is 44.1 Å². The minimum atomic E-state index is 0.266. The van der Waals surface area contributed by atoms with Gasteiger partial charge in [0, 0.05) is 5.92 Å². The molecule has 0 aliphatic carbocycles. The Labute approximate surface area is 117 Å². The summed E-state index contributed by atoms with van der Waals surface area (Å²) in [4.78, 5) is 11.1. The van der Waals surface area contributed by atoms with Gasteiger partial charge in [0.25, 0.3) is 0 Å². The monoisotopic (exact) mass is 276 g/mol. The lowest BCUT2D eigenvalue weighted by atomic mass is 10.0. The van der Waals surface area contributed by atoms with Crippen molar-refractivity contribution in [2.75, 3.05) is 6.54 Å². The molecule has 0 spiro atoms. The molecule has 1 fully saturated rings. The van der Waals surface area contributed by atoms with E-state index >= 15 is 0 Å². The van der Waals surface area contributed by atoms with Crippen molar-refractivity contribution in [3.63, 3.8) is 0 Å². The minimum absolute atomic E-state index is 0.266. The SMILES string of the molecule is CC(C)c1nc(CN2CCCC[C@@H]2c2ncn[nH]2)no1. The second-order valence-corrected chi connectivity index (χ2v) is 5.56. The van der Waals surface area contributed by atoms with E-state index in [0.29, 0.717) is 12.4 Å². The molecule has 0 amide bonds. The molecule has 0 bridgehead atoms. The van der Waals surface area contributed by atoms with Crippen molar-refractivity contribution in [2.45, 2.75) is 51.6 Å². The first-order chi connectivity index (χ1) is 9.74. The van der Waals surface area contributed by atoms with Gasteiger partial charge in [-0.1, -0.05) is 25.4 Å². The Kier molecular flexibility index (Phi) is 3.77. The predicted molar refractivity (Wildman–Crippen MR) is 71.8 cm³/mol. The highest BCUT2D eigenvalue weighted by Crippen LogP contribution is 2.29. The molecule has 0 radical (unpaired) electrons. The Hall–Kier alpha value is -1.76. The molecule has 20 heavy (non-hydrogen) atoms. The topological polar surface area (TPSA) is 83.7 Å². The fourth-order valence-electron chi connectivity index (χ4n) is 2.61. The fourth-order valence-corrected chi connectivity index (χ4v) is 2.61. The van der Waals surface area contributed by atoms with Crippen molar-refractivity contribution in [1.29, 1.82) is 0 Å². The van der Waals surface area contributed by atoms with E-state index in [1.807, 2.05) is 0 Å². The van der Waals surface area contributed by atoms with E-state index in [-0.39, 0.29) is 12.0 Å². The quantitative estimate of drug-likeness (QED) is 0.920. The van der Waals surface area contributed by atoms with Crippen LogP contribution in [0.15, 0.2) is 10.9 Å². The Morgan fingerprint density at radius 1 is 1.45 bits per heavy atom. The van der Waals surface area contributed by atoms with Gasteiger partial charge in [-0.05, 0) is 19.4 Å². The summed E-state index contributed by atoms with van der Waals surface area (Å²) in [5.41, 5.74) is 0. The number of nitrogens with zero attached hydrogens (tertiary/aromatic N) is 5. The molecule has 3 rings (SSSR count). The predicted octanol–water partition coefficient (Wildman–Crippen LogP) is 2.04. The molecule has 1 N–H and O–H groups in total. The number of H-pyrrole nitrogens is 1. The van der Waals surface area contributed by atoms with Gasteiger partial charge in [-0.15, -0.1) is 0 Å². The maximum Gasteiger partial charge on any atom is 0.229 e. The summed E-state index contributed by atoms with van der Waals surface area (Å²) < 4.78 is 5.27. The van der Waals surface area contributed by atoms with Crippen LogP contribution >= 0.6 is 0 Å². The number of piperidine rings is 1. The van der Waals surface area contributed by atoms with Crippen molar-refractivity contribution in [3.05, 3.63) is 23.9 Å². The average molecular weight is 276 g/mol. The summed E-state index contributed by atoms with van der Waals surface area (Å²) in [6.07, 6.45) is 5.06. The molecular weight excluding hydrogens is 256 g/mol. The molecule has 3 heterocycles. The second-order valence-electron chi connectivity index (χ2n) is 5.56. The number of rotatable bonds is 4. The summed E-state index contributed by atoms with van der Waals surface area (Å²) >= 11 is 0. The Balaban J connectivity index is 1.73. The first kappa shape index (κ1) is 13.2. The van der Waals surface area contributed by atoms with Crippen LogP contribution in [0.4, 0.5) is 0 Å². The number of aromatic nitrogens is 5. The standard InChI is InChI=1S/C13H20N6O/c1-9(2)13-16-11(18-20-13)7-19-6-4-3-5-10(19)12-14-8-15-17-12/h8-10H,3-7H2,1-2H3,(H,14,15,17)/t10-/m1/s1. The van der Waals surface area contributed by atoms with Gasteiger partial charge >= 0.3 is 0 Å².